The Kier molecular flexibility index (Phi) is 8.16. The van der Waals surface area contributed by atoms with E-state index in [1.807, 2.05) is 24.3 Å². The molecule has 2 fully saturated rings. The number of carbonyl (C=O) groups excluding carboxylic acids is 3. The van der Waals surface area contributed by atoms with Crippen molar-refractivity contribution in [3.8, 4) is 5.75 Å². The largest absolute Gasteiger partial charge is 1.00 e. The average Bonchev–Trinajstić information content (AvgIpc) is 3.39. The van der Waals surface area contributed by atoms with E-state index in [0.717, 1.165) is 65.9 Å². The van der Waals surface area contributed by atoms with Crippen molar-refractivity contribution in [2.75, 3.05) is 40.0 Å². The number of aromatic nitrogens is 1. The number of fused-ring (bicyclic) bond motifs is 5. The molecule has 0 aliphatic carbocycles. The maximum absolute atomic E-state index is 13.3. The van der Waals surface area contributed by atoms with Gasteiger partial charge in [0, 0.05) is 49.8 Å². The van der Waals surface area contributed by atoms with Gasteiger partial charge in [-0.25, -0.2) is 4.79 Å². The van der Waals surface area contributed by atoms with Gasteiger partial charge >= 0.3 is 6.03 Å². The van der Waals surface area contributed by atoms with Crippen molar-refractivity contribution in [3.63, 3.8) is 0 Å². The van der Waals surface area contributed by atoms with Crippen LogP contribution in [0.4, 0.5) is 4.79 Å². The number of nitrogens with zero attached hydrogens (tertiary/aromatic N) is 3. The Balaban J connectivity index is 0.00000323. The molecule has 10 heteroatoms. The molecule has 3 amide bonds. The molecule has 6 rings (SSSR count). The highest BCUT2D eigenvalue weighted by Gasteiger charge is 2.48. The van der Waals surface area contributed by atoms with Gasteiger partial charge in [-0.15, -0.1) is 0 Å². The number of amides is 3. The van der Waals surface area contributed by atoms with E-state index in [2.05, 4.69) is 10.6 Å². The second kappa shape index (κ2) is 11.6. The molecule has 0 radical (unpaired) electrons. The Hall–Kier alpha value is -3.40. The first kappa shape index (κ1) is 28.1. The standard InChI is InChI=1S/C30H33N3O6.ClH/c1-31-29(36)28-27-23(8-12-32(28)30(31)37)24-16-22(39-15-11-19-9-13-38-14-10-19)6-7-25(24)33(27)17-20-2-4-21(5-3-20)26(35)18-34;/h2-7,16,19,28,34H,8-15,17-18H2,1H3;1H/p-1. The minimum Gasteiger partial charge on any atom is -1.00 e. The minimum absolute atomic E-state index is 0. The van der Waals surface area contributed by atoms with Crippen LogP contribution in [0.25, 0.3) is 10.9 Å². The number of halogens is 1. The molecule has 0 spiro atoms. The Bertz CT molecular complexity index is 1430. The topological polar surface area (TPSA) is 101 Å². The summed E-state index contributed by atoms with van der Waals surface area (Å²) in [5, 5.41) is 10.2. The van der Waals surface area contributed by atoms with Gasteiger partial charge in [0.05, 0.1) is 12.3 Å². The Labute approximate surface area is 239 Å². The Morgan fingerprint density at radius 1 is 1.10 bits per heavy atom. The summed E-state index contributed by atoms with van der Waals surface area (Å²) in [7, 11) is 1.54. The van der Waals surface area contributed by atoms with Crippen LogP contribution in [-0.2, 0) is 22.5 Å². The molecule has 1 unspecified atom stereocenters. The second-order valence-corrected chi connectivity index (χ2v) is 10.6. The number of ketones is 1. The lowest BCUT2D eigenvalue weighted by atomic mass is 9.97. The van der Waals surface area contributed by atoms with Crippen molar-refractivity contribution >= 4 is 28.6 Å². The first-order valence-electron chi connectivity index (χ1n) is 13.6. The van der Waals surface area contributed by atoms with Gasteiger partial charge < -0.3 is 36.5 Å². The summed E-state index contributed by atoms with van der Waals surface area (Å²) in [6.45, 7) is 2.72. The van der Waals surface area contributed by atoms with Gasteiger partial charge in [-0.1, -0.05) is 24.3 Å². The highest BCUT2D eigenvalue weighted by Crippen LogP contribution is 2.42. The summed E-state index contributed by atoms with van der Waals surface area (Å²) >= 11 is 0. The number of ether oxygens (including phenoxy) is 2. The number of urea groups is 1. The van der Waals surface area contributed by atoms with Gasteiger partial charge in [-0.2, -0.15) is 0 Å². The van der Waals surface area contributed by atoms with Crippen LogP contribution in [0.5, 0.6) is 5.75 Å². The Morgan fingerprint density at radius 2 is 1.85 bits per heavy atom. The molecule has 40 heavy (non-hydrogen) atoms. The fourth-order valence-corrected chi connectivity index (χ4v) is 6.14. The molecule has 9 nitrogen and oxygen atoms in total. The number of imide groups is 1. The van der Waals surface area contributed by atoms with Crippen LogP contribution in [0, 0.1) is 5.92 Å². The molecule has 1 N–H and O–H groups in total. The van der Waals surface area contributed by atoms with Gasteiger partial charge in [0.25, 0.3) is 5.91 Å². The van der Waals surface area contributed by atoms with Gasteiger partial charge in [0.1, 0.15) is 12.4 Å². The molecule has 1 atom stereocenters. The number of likely N-dealkylation sites (N-methyl/N-ethyl adjacent to an activating group) is 1. The van der Waals surface area contributed by atoms with Crippen LogP contribution in [0.1, 0.15) is 52.5 Å². The van der Waals surface area contributed by atoms with Crippen molar-refractivity contribution in [2.24, 2.45) is 5.92 Å². The Morgan fingerprint density at radius 3 is 2.58 bits per heavy atom. The highest BCUT2D eigenvalue weighted by atomic mass is 35.5. The third-order valence-corrected chi connectivity index (χ3v) is 8.35. The van der Waals surface area contributed by atoms with Crippen LogP contribution in [-0.4, -0.2) is 77.2 Å². The van der Waals surface area contributed by atoms with Crippen LogP contribution >= 0.6 is 0 Å². The van der Waals surface area contributed by atoms with Crippen molar-refractivity contribution < 1.29 is 41.4 Å². The van der Waals surface area contributed by atoms with Crippen molar-refractivity contribution in [2.45, 2.75) is 38.3 Å². The number of Topliss-reactive ketones (excluding diaryl/α,β-unsaturated/α-hetero) is 1. The van der Waals surface area contributed by atoms with E-state index in [4.69, 9.17) is 9.47 Å². The van der Waals surface area contributed by atoms with Gasteiger partial charge in [-0.05, 0) is 60.9 Å². The molecule has 2 saturated heterocycles. The number of hydrogen-bond donors (Lipinski definition) is 1. The molecule has 212 valence electrons. The number of aliphatic hydroxyl groups excluding tert-OH is 1. The van der Waals surface area contributed by atoms with E-state index < -0.39 is 12.6 Å². The summed E-state index contributed by atoms with van der Waals surface area (Å²) in [4.78, 5) is 40.8. The third-order valence-electron chi connectivity index (χ3n) is 8.35. The molecule has 3 aliphatic heterocycles. The predicted octanol–water partition coefficient (Wildman–Crippen LogP) is 0.555. The fraction of sp³-hybridized carbons (Fsp3) is 0.433. The number of carbonyl (C=O) groups is 3. The summed E-state index contributed by atoms with van der Waals surface area (Å²) in [5.74, 6) is 0.879. The molecule has 0 saturated carbocycles. The van der Waals surface area contributed by atoms with Crippen molar-refractivity contribution in [3.05, 3.63) is 64.8 Å². The number of hydrogen-bond acceptors (Lipinski definition) is 6. The van der Waals surface area contributed by atoms with E-state index in [0.29, 0.717) is 37.6 Å². The summed E-state index contributed by atoms with van der Waals surface area (Å²) in [5.41, 5.74) is 4.29. The lowest BCUT2D eigenvalue weighted by Gasteiger charge is -2.29. The number of rotatable bonds is 8. The quantitative estimate of drug-likeness (QED) is 0.316. The molecule has 3 aromatic rings. The monoisotopic (exact) mass is 566 g/mol. The van der Waals surface area contributed by atoms with E-state index in [1.165, 1.54) is 11.9 Å². The highest BCUT2D eigenvalue weighted by molar-refractivity contribution is 6.05. The van der Waals surface area contributed by atoms with E-state index in [9.17, 15) is 19.5 Å². The number of benzene rings is 2. The average molecular weight is 567 g/mol. The minimum atomic E-state index is -0.660. The zero-order valence-electron chi connectivity index (χ0n) is 22.5. The van der Waals surface area contributed by atoms with Crippen LogP contribution in [0.15, 0.2) is 42.5 Å². The number of aliphatic hydroxyl groups is 1. The maximum Gasteiger partial charge on any atom is 0.327 e. The van der Waals surface area contributed by atoms with Crippen LogP contribution < -0.4 is 17.1 Å². The summed E-state index contributed by atoms with van der Waals surface area (Å²) in [6.07, 6.45) is 3.80. The molecular formula is C30H33ClN3O6-. The summed E-state index contributed by atoms with van der Waals surface area (Å²) < 4.78 is 13.8. The molecule has 2 aromatic carbocycles. The third kappa shape index (κ3) is 4.98. The first-order chi connectivity index (χ1) is 19.0. The van der Waals surface area contributed by atoms with E-state index in [-0.39, 0.29) is 30.1 Å². The van der Waals surface area contributed by atoms with Crippen LogP contribution in [0.3, 0.4) is 0 Å². The lowest BCUT2D eigenvalue weighted by molar-refractivity contribution is -0.127. The smallest absolute Gasteiger partial charge is 0.327 e. The van der Waals surface area contributed by atoms with Crippen molar-refractivity contribution in [1.82, 2.24) is 14.4 Å². The predicted molar refractivity (Wildman–Crippen MR) is 144 cm³/mol. The van der Waals surface area contributed by atoms with Gasteiger partial charge in [0.2, 0.25) is 0 Å². The normalized spacial score (nSPS) is 19.0. The molecule has 1 aromatic heterocycles. The molecule has 3 aliphatic rings. The van der Waals surface area contributed by atoms with Crippen LogP contribution in [0.2, 0.25) is 0 Å². The second-order valence-electron chi connectivity index (χ2n) is 10.6. The van der Waals surface area contributed by atoms with E-state index >= 15 is 0 Å². The van der Waals surface area contributed by atoms with Gasteiger partial charge in [-0.3, -0.25) is 14.5 Å². The van der Waals surface area contributed by atoms with E-state index in [1.54, 1.807) is 17.0 Å². The molecular weight excluding hydrogens is 534 g/mol. The molecule has 0 bridgehead atoms. The zero-order valence-corrected chi connectivity index (χ0v) is 23.2. The van der Waals surface area contributed by atoms with Gasteiger partial charge in [0.15, 0.2) is 11.8 Å². The first-order valence-corrected chi connectivity index (χ1v) is 13.6. The summed E-state index contributed by atoms with van der Waals surface area (Å²) in [6, 6.07) is 12.3. The van der Waals surface area contributed by atoms with Crippen molar-refractivity contribution in [1.29, 1.82) is 0 Å². The maximum atomic E-state index is 13.3. The molecule has 4 heterocycles. The zero-order chi connectivity index (χ0) is 27.1. The lowest BCUT2D eigenvalue weighted by Crippen LogP contribution is -3.00. The SMILES string of the molecule is CN1C(=O)C2c3c(c4cc(OCCC5CCOCC5)ccc4n3Cc3ccc(C(=O)CO)cc3)CCN2C1=O.[Cl-]. The fourth-order valence-electron chi connectivity index (χ4n) is 6.14.